The number of carbonyl (C=O) groups is 2. The maximum atomic E-state index is 12.8. The average molecular weight is 383 g/mol. The molecule has 2 aromatic rings. The van der Waals surface area contributed by atoms with E-state index in [1.165, 1.54) is 5.56 Å². The van der Waals surface area contributed by atoms with Gasteiger partial charge < -0.3 is 10.2 Å². The SMILES string of the molecule is Cn1cc(CC2CCN(C(=O)c3ccc(C(=O)NCC(C)(C)C)cc3)C2)cn1. The zero-order chi connectivity index (χ0) is 20.3. The van der Waals surface area contributed by atoms with E-state index < -0.39 is 0 Å². The van der Waals surface area contributed by atoms with Gasteiger partial charge in [0.2, 0.25) is 0 Å². The van der Waals surface area contributed by atoms with Crippen molar-refractivity contribution < 1.29 is 9.59 Å². The van der Waals surface area contributed by atoms with Crippen molar-refractivity contribution in [1.82, 2.24) is 20.0 Å². The normalized spacial score (nSPS) is 17.0. The number of rotatable bonds is 5. The Morgan fingerprint density at radius 2 is 1.86 bits per heavy atom. The van der Waals surface area contributed by atoms with E-state index in [-0.39, 0.29) is 17.2 Å². The highest BCUT2D eigenvalue weighted by Crippen LogP contribution is 2.22. The maximum Gasteiger partial charge on any atom is 0.253 e. The number of nitrogens with one attached hydrogen (secondary N) is 1. The minimum atomic E-state index is -0.105. The molecule has 0 aliphatic carbocycles. The predicted molar refractivity (Wildman–Crippen MR) is 109 cm³/mol. The van der Waals surface area contributed by atoms with Gasteiger partial charge in [-0.05, 0) is 54.0 Å². The third-order valence-electron chi connectivity index (χ3n) is 5.03. The molecule has 3 rings (SSSR count). The molecule has 0 saturated carbocycles. The van der Waals surface area contributed by atoms with Crippen molar-refractivity contribution in [1.29, 1.82) is 0 Å². The first-order valence-electron chi connectivity index (χ1n) is 9.86. The van der Waals surface area contributed by atoms with Gasteiger partial charge >= 0.3 is 0 Å². The molecule has 6 nitrogen and oxygen atoms in total. The van der Waals surface area contributed by atoms with E-state index in [1.807, 2.05) is 29.0 Å². The molecule has 1 aliphatic heterocycles. The largest absolute Gasteiger partial charge is 0.352 e. The quantitative estimate of drug-likeness (QED) is 0.865. The van der Waals surface area contributed by atoms with E-state index in [1.54, 1.807) is 24.3 Å². The fourth-order valence-electron chi connectivity index (χ4n) is 3.49. The molecule has 0 radical (unpaired) electrons. The van der Waals surface area contributed by atoms with Gasteiger partial charge in [0, 0.05) is 44.0 Å². The van der Waals surface area contributed by atoms with E-state index in [2.05, 4.69) is 31.2 Å². The maximum absolute atomic E-state index is 12.8. The first-order chi connectivity index (χ1) is 13.2. The molecule has 28 heavy (non-hydrogen) atoms. The van der Waals surface area contributed by atoms with Crippen molar-refractivity contribution in [2.24, 2.45) is 18.4 Å². The number of likely N-dealkylation sites (tertiary alicyclic amines) is 1. The Morgan fingerprint density at radius 1 is 1.18 bits per heavy atom. The van der Waals surface area contributed by atoms with Crippen molar-refractivity contribution in [3.05, 3.63) is 53.3 Å². The highest BCUT2D eigenvalue weighted by Gasteiger charge is 2.27. The van der Waals surface area contributed by atoms with Crippen LogP contribution in [0.1, 0.15) is 53.5 Å². The molecule has 1 fully saturated rings. The predicted octanol–water partition coefficient (Wildman–Crippen LogP) is 2.90. The molecule has 1 aromatic carbocycles. The summed E-state index contributed by atoms with van der Waals surface area (Å²) < 4.78 is 1.81. The molecule has 1 atom stereocenters. The van der Waals surface area contributed by atoms with Gasteiger partial charge in [-0.25, -0.2) is 0 Å². The molecular weight excluding hydrogens is 352 g/mol. The second kappa shape index (κ2) is 8.17. The van der Waals surface area contributed by atoms with Crippen LogP contribution in [-0.2, 0) is 13.5 Å². The summed E-state index contributed by atoms with van der Waals surface area (Å²) in [6.45, 7) is 8.38. The number of benzene rings is 1. The Kier molecular flexibility index (Phi) is 5.87. The molecule has 1 aliphatic rings. The van der Waals surface area contributed by atoms with Crippen LogP contribution < -0.4 is 5.32 Å². The molecule has 6 heteroatoms. The van der Waals surface area contributed by atoms with Crippen molar-refractivity contribution in [3.63, 3.8) is 0 Å². The Balaban J connectivity index is 1.55. The van der Waals surface area contributed by atoms with Crippen molar-refractivity contribution in [3.8, 4) is 0 Å². The zero-order valence-electron chi connectivity index (χ0n) is 17.2. The summed E-state index contributed by atoms with van der Waals surface area (Å²) >= 11 is 0. The van der Waals surface area contributed by atoms with E-state index >= 15 is 0 Å². The van der Waals surface area contributed by atoms with Gasteiger partial charge in [0.05, 0.1) is 6.20 Å². The lowest BCUT2D eigenvalue weighted by Crippen LogP contribution is -2.32. The van der Waals surface area contributed by atoms with Crippen LogP contribution in [0.5, 0.6) is 0 Å². The summed E-state index contributed by atoms with van der Waals surface area (Å²) in [5, 5.41) is 7.15. The Hall–Kier alpha value is -2.63. The monoisotopic (exact) mass is 382 g/mol. The van der Waals surface area contributed by atoms with Crippen LogP contribution in [0, 0.1) is 11.3 Å². The fraction of sp³-hybridized carbons (Fsp3) is 0.500. The van der Waals surface area contributed by atoms with Gasteiger partial charge in [-0.15, -0.1) is 0 Å². The summed E-state index contributed by atoms with van der Waals surface area (Å²) in [5.41, 5.74) is 2.46. The number of amides is 2. The van der Waals surface area contributed by atoms with Crippen LogP contribution in [0.15, 0.2) is 36.7 Å². The van der Waals surface area contributed by atoms with E-state index in [4.69, 9.17) is 0 Å². The summed E-state index contributed by atoms with van der Waals surface area (Å²) in [5.74, 6) is 0.401. The van der Waals surface area contributed by atoms with E-state index in [0.717, 1.165) is 25.9 Å². The number of aromatic nitrogens is 2. The minimum Gasteiger partial charge on any atom is -0.352 e. The van der Waals surface area contributed by atoms with Crippen molar-refractivity contribution in [2.45, 2.75) is 33.6 Å². The van der Waals surface area contributed by atoms with Crippen LogP contribution in [0.3, 0.4) is 0 Å². The lowest BCUT2D eigenvalue weighted by Gasteiger charge is -2.19. The molecule has 150 valence electrons. The lowest BCUT2D eigenvalue weighted by molar-refractivity contribution is 0.0786. The number of carbonyl (C=O) groups excluding carboxylic acids is 2. The van der Waals surface area contributed by atoms with Crippen molar-refractivity contribution in [2.75, 3.05) is 19.6 Å². The van der Waals surface area contributed by atoms with Crippen LogP contribution in [0.25, 0.3) is 0 Å². The minimum absolute atomic E-state index is 0.0354. The molecule has 1 aromatic heterocycles. The Bertz CT molecular complexity index is 833. The van der Waals surface area contributed by atoms with Gasteiger partial charge in [-0.3, -0.25) is 14.3 Å². The second-order valence-corrected chi connectivity index (χ2v) is 8.95. The van der Waals surface area contributed by atoms with Crippen LogP contribution >= 0.6 is 0 Å². The van der Waals surface area contributed by atoms with Crippen LogP contribution in [0.2, 0.25) is 0 Å². The standard InChI is InChI=1S/C22H30N4O2/c1-22(2,3)15-23-20(27)18-5-7-19(8-6-18)21(28)26-10-9-16(14-26)11-17-12-24-25(4)13-17/h5-8,12-13,16H,9-11,14-15H2,1-4H3,(H,23,27). The van der Waals surface area contributed by atoms with Gasteiger partial charge in [0.25, 0.3) is 11.8 Å². The molecule has 2 heterocycles. The summed E-state index contributed by atoms with van der Waals surface area (Å²) in [6.07, 6.45) is 5.89. The molecule has 2 amide bonds. The van der Waals surface area contributed by atoms with Crippen LogP contribution in [0.4, 0.5) is 0 Å². The first-order valence-corrected chi connectivity index (χ1v) is 9.86. The highest BCUT2D eigenvalue weighted by molar-refractivity contribution is 5.97. The first kappa shape index (κ1) is 20.1. The van der Waals surface area contributed by atoms with Gasteiger partial charge in [0.1, 0.15) is 0 Å². The molecular formula is C22H30N4O2. The zero-order valence-corrected chi connectivity index (χ0v) is 17.2. The fourth-order valence-corrected chi connectivity index (χ4v) is 3.49. The third-order valence-corrected chi connectivity index (χ3v) is 5.03. The van der Waals surface area contributed by atoms with Crippen molar-refractivity contribution >= 4 is 11.8 Å². The summed E-state index contributed by atoms with van der Waals surface area (Å²) in [6, 6.07) is 6.97. The number of aryl methyl sites for hydroxylation is 1. The molecule has 1 N–H and O–H groups in total. The molecule has 1 unspecified atom stereocenters. The smallest absolute Gasteiger partial charge is 0.253 e. The lowest BCUT2D eigenvalue weighted by atomic mass is 9.97. The van der Waals surface area contributed by atoms with Gasteiger partial charge in [-0.2, -0.15) is 5.10 Å². The molecule has 0 spiro atoms. The molecule has 1 saturated heterocycles. The topological polar surface area (TPSA) is 67.2 Å². The summed E-state index contributed by atoms with van der Waals surface area (Å²) in [7, 11) is 1.92. The van der Waals surface area contributed by atoms with E-state index in [0.29, 0.717) is 23.6 Å². The Morgan fingerprint density at radius 3 is 2.46 bits per heavy atom. The van der Waals surface area contributed by atoms with Gasteiger partial charge in [0.15, 0.2) is 0 Å². The third kappa shape index (κ3) is 5.21. The number of hydrogen-bond donors (Lipinski definition) is 1. The second-order valence-electron chi connectivity index (χ2n) is 8.95. The summed E-state index contributed by atoms with van der Waals surface area (Å²) in [4.78, 5) is 26.9. The average Bonchev–Trinajstić information content (AvgIpc) is 3.28. The van der Waals surface area contributed by atoms with Gasteiger partial charge in [-0.1, -0.05) is 20.8 Å². The highest BCUT2D eigenvalue weighted by atomic mass is 16.2. The number of hydrogen-bond acceptors (Lipinski definition) is 3. The molecule has 0 bridgehead atoms. The van der Waals surface area contributed by atoms with E-state index in [9.17, 15) is 9.59 Å². The van der Waals surface area contributed by atoms with Crippen LogP contribution in [-0.4, -0.2) is 46.1 Å². The Labute approximate surface area is 166 Å². The number of nitrogens with zero attached hydrogens (tertiary/aromatic N) is 3.